The highest BCUT2D eigenvalue weighted by atomic mass is 35.5. The van der Waals surface area contributed by atoms with E-state index in [1.165, 1.54) is 18.3 Å². The van der Waals surface area contributed by atoms with Gasteiger partial charge in [0.05, 0.1) is 29.3 Å². The zero-order valence-corrected chi connectivity index (χ0v) is 22.2. The number of aromatic nitrogens is 5. The van der Waals surface area contributed by atoms with E-state index in [2.05, 4.69) is 20.4 Å². The molecule has 6 rings (SSSR count). The summed E-state index contributed by atoms with van der Waals surface area (Å²) >= 11 is 5.85. The molecule has 1 aliphatic heterocycles. The Morgan fingerprint density at radius 1 is 1.12 bits per heavy atom. The summed E-state index contributed by atoms with van der Waals surface area (Å²) in [7, 11) is 0. The number of carboxylic acids is 1. The first-order valence-corrected chi connectivity index (χ1v) is 13.0. The number of hydrogen-bond acceptors (Lipinski definition) is 8. The van der Waals surface area contributed by atoms with E-state index in [-0.39, 0.29) is 45.0 Å². The maximum atomic E-state index is 13.9. The molecule has 4 aromatic heterocycles. The van der Waals surface area contributed by atoms with Crippen molar-refractivity contribution in [2.75, 3.05) is 38.2 Å². The van der Waals surface area contributed by atoms with Crippen LogP contribution in [0, 0.1) is 5.82 Å². The van der Waals surface area contributed by atoms with E-state index in [1.807, 2.05) is 4.90 Å². The van der Waals surface area contributed by atoms with Gasteiger partial charge >= 0.3 is 12.1 Å². The van der Waals surface area contributed by atoms with E-state index in [9.17, 15) is 32.3 Å². The minimum Gasteiger partial charge on any atom is -0.477 e. The van der Waals surface area contributed by atoms with E-state index >= 15 is 0 Å². The second-order valence-corrected chi connectivity index (χ2v) is 9.95. The quantitative estimate of drug-likeness (QED) is 0.216. The molecule has 1 fully saturated rings. The Labute approximate surface area is 237 Å². The smallest absolute Gasteiger partial charge is 0.435 e. The van der Waals surface area contributed by atoms with Crippen LogP contribution in [-0.2, 0) is 17.5 Å². The molecule has 11 nitrogen and oxygen atoms in total. The molecule has 0 amide bonds. The predicted molar refractivity (Wildman–Crippen MR) is 144 cm³/mol. The van der Waals surface area contributed by atoms with E-state index < -0.39 is 34.8 Å². The number of aromatic carboxylic acids is 1. The van der Waals surface area contributed by atoms with E-state index in [0.29, 0.717) is 38.5 Å². The van der Waals surface area contributed by atoms with E-state index in [0.717, 1.165) is 27.3 Å². The average Bonchev–Trinajstić information content (AvgIpc) is 3.41. The summed E-state index contributed by atoms with van der Waals surface area (Å²) in [4.78, 5) is 36.1. The number of pyridine rings is 2. The lowest BCUT2D eigenvalue weighted by Gasteiger charge is -2.27. The first-order valence-electron chi connectivity index (χ1n) is 12.6. The molecular weight excluding hydrogens is 586 g/mol. The second-order valence-electron chi connectivity index (χ2n) is 9.55. The zero-order valence-electron chi connectivity index (χ0n) is 21.5. The number of nitrogens with one attached hydrogen (secondary N) is 1. The molecule has 1 aromatic carbocycles. The molecule has 1 aliphatic rings. The van der Waals surface area contributed by atoms with E-state index in [1.54, 1.807) is 0 Å². The summed E-state index contributed by atoms with van der Waals surface area (Å²) in [6.45, 7) is 2.44. The van der Waals surface area contributed by atoms with Crippen LogP contribution in [0.4, 0.5) is 29.2 Å². The third-order valence-corrected chi connectivity index (χ3v) is 7.23. The van der Waals surface area contributed by atoms with Gasteiger partial charge in [0.1, 0.15) is 11.4 Å². The Morgan fingerprint density at radius 2 is 1.88 bits per heavy atom. The van der Waals surface area contributed by atoms with Gasteiger partial charge in [-0.25, -0.2) is 18.7 Å². The summed E-state index contributed by atoms with van der Waals surface area (Å²) in [5.74, 6) is -2.22. The predicted octanol–water partition coefficient (Wildman–Crippen LogP) is 4.18. The van der Waals surface area contributed by atoms with Crippen LogP contribution in [0.3, 0.4) is 0 Å². The number of alkyl halides is 3. The van der Waals surface area contributed by atoms with Crippen molar-refractivity contribution in [2.24, 2.45) is 0 Å². The van der Waals surface area contributed by atoms with Crippen molar-refractivity contribution in [3.63, 3.8) is 0 Å². The number of morpholine rings is 1. The molecule has 1 saturated heterocycles. The summed E-state index contributed by atoms with van der Waals surface area (Å²) in [6, 6.07) is 5.67. The summed E-state index contributed by atoms with van der Waals surface area (Å²) in [6.07, 6.45) is -3.54. The molecule has 5 heterocycles. The highest BCUT2D eigenvalue weighted by molar-refractivity contribution is 6.31. The van der Waals surface area contributed by atoms with Gasteiger partial charge in [-0.1, -0.05) is 11.6 Å². The first-order chi connectivity index (χ1) is 20.0. The lowest BCUT2D eigenvalue weighted by molar-refractivity contribution is -0.141. The van der Waals surface area contributed by atoms with Gasteiger partial charge in [0.2, 0.25) is 5.95 Å². The van der Waals surface area contributed by atoms with Crippen molar-refractivity contribution in [3.05, 3.63) is 69.0 Å². The van der Waals surface area contributed by atoms with Crippen molar-refractivity contribution < 1.29 is 32.2 Å². The number of ether oxygens (including phenoxy) is 1. The molecule has 2 N–H and O–H groups in total. The Hall–Kier alpha value is -4.34. The van der Waals surface area contributed by atoms with Crippen LogP contribution in [0.1, 0.15) is 16.1 Å². The van der Waals surface area contributed by atoms with Crippen molar-refractivity contribution in [1.82, 2.24) is 29.0 Å². The number of carbonyl (C=O) groups is 1. The van der Waals surface area contributed by atoms with Crippen molar-refractivity contribution in [3.8, 4) is 0 Å². The number of carboxylic acid groups (broad SMARTS) is 1. The lowest BCUT2D eigenvalue weighted by Crippen LogP contribution is -2.39. The largest absolute Gasteiger partial charge is 0.477 e. The van der Waals surface area contributed by atoms with Gasteiger partial charge in [0, 0.05) is 48.8 Å². The molecule has 0 aliphatic carbocycles. The van der Waals surface area contributed by atoms with Gasteiger partial charge in [-0.2, -0.15) is 23.3 Å². The number of hydrogen-bond donors (Lipinski definition) is 2. The van der Waals surface area contributed by atoms with Gasteiger partial charge in [0.15, 0.2) is 11.3 Å². The Kier molecular flexibility index (Phi) is 6.95. The summed E-state index contributed by atoms with van der Waals surface area (Å²) in [5.41, 5.74) is -2.49. The molecule has 0 bridgehead atoms. The van der Waals surface area contributed by atoms with Crippen molar-refractivity contribution in [2.45, 2.75) is 12.7 Å². The van der Waals surface area contributed by atoms with Crippen LogP contribution in [0.5, 0.6) is 0 Å². The number of benzene rings is 1. The van der Waals surface area contributed by atoms with Crippen LogP contribution < -0.4 is 10.9 Å². The normalized spacial score (nSPS) is 14.7. The summed E-state index contributed by atoms with van der Waals surface area (Å²) in [5, 5.41) is 16.5. The Morgan fingerprint density at radius 3 is 2.57 bits per heavy atom. The maximum Gasteiger partial charge on any atom is 0.435 e. The third-order valence-electron chi connectivity index (χ3n) is 6.94. The standard InChI is InChI=1S/C26H20ClF4N7O4/c27-17-9-13(1-2-18(17)28)33-25-32-12-16-14-10-15(24(40)41)23(39)37(4-3-36-5-7-42-8-6-36)21(14)19-11-20(26(29,30)31)35-38(19)22(16)34-25/h1-2,9-12H,3-8H2,(H,40,41)(H,32,33,34). The molecule has 218 valence electrons. The van der Waals surface area contributed by atoms with Crippen molar-refractivity contribution in [1.29, 1.82) is 0 Å². The minimum atomic E-state index is -4.83. The molecule has 0 spiro atoms. The number of nitrogens with zero attached hydrogens (tertiary/aromatic N) is 6. The molecule has 0 atom stereocenters. The van der Waals surface area contributed by atoms with Gasteiger partial charge in [0.25, 0.3) is 5.56 Å². The maximum absolute atomic E-state index is 13.9. The summed E-state index contributed by atoms with van der Waals surface area (Å²) < 4.78 is 62.7. The van der Waals surface area contributed by atoms with Crippen LogP contribution >= 0.6 is 11.6 Å². The lowest BCUT2D eigenvalue weighted by atomic mass is 10.1. The van der Waals surface area contributed by atoms with Gasteiger partial charge in [-0.15, -0.1) is 0 Å². The highest BCUT2D eigenvalue weighted by Crippen LogP contribution is 2.34. The molecule has 0 unspecified atom stereocenters. The third kappa shape index (κ3) is 4.99. The Balaban J connectivity index is 1.61. The van der Waals surface area contributed by atoms with Crippen LogP contribution in [-0.4, -0.2) is 73.0 Å². The fraction of sp³-hybridized carbons (Fsp3) is 0.269. The topological polar surface area (TPSA) is 127 Å². The van der Waals surface area contributed by atoms with Gasteiger partial charge < -0.3 is 19.7 Å². The van der Waals surface area contributed by atoms with Crippen molar-refractivity contribution >= 4 is 56.7 Å². The SMILES string of the molecule is O=C(O)c1cc2c3cnc(Nc4ccc(F)c(Cl)c4)nc3n3nc(C(F)(F)F)cc3c2n(CCN2CCOCC2)c1=O. The number of halogens is 5. The highest BCUT2D eigenvalue weighted by Gasteiger charge is 2.35. The molecular formula is C26H20ClF4N7O4. The zero-order chi connectivity index (χ0) is 29.8. The molecule has 0 saturated carbocycles. The van der Waals surface area contributed by atoms with Gasteiger partial charge in [-0.3, -0.25) is 9.69 Å². The number of rotatable bonds is 6. The first kappa shape index (κ1) is 27.8. The minimum absolute atomic E-state index is 0.00399. The van der Waals surface area contributed by atoms with Crippen LogP contribution in [0.2, 0.25) is 5.02 Å². The number of anilines is 2. The molecule has 42 heavy (non-hydrogen) atoms. The molecule has 5 aromatic rings. The molecule has 16 heteroatoms. The van der Waals surface area contributed by atoms with Crippen LogP contribution in [0.15, 0.2) is 41.3 Å². The number of fused-ring (bicyclic) bond motifs is 6. The average molecular weight is 606 g/mol. The Bertz CT molecular complexity index is 1940. The second kappa shape index (κ2) is 10.5. The molecule has 0 radical (unpaired) electrons. The van der Waals surface area contributed by atoms with E-state index in [4.69, 9.17) is 16.3 Å². The van der Waals surface area contributed by atoms with Crippen LogP contribution in [0.25, 0.3) is 27.5 Å². The monoisotopic (exact) mass is 605 g/mol. The van der Waals surface area contributed by atoms with Gasteiger partial charge in [-0.05, 0) is 30.3 Å². The fourth-order valence-corrected chi connectivity index (χ4v) is 5.10. The fourth-order valence-electron chi connectivity index (χ4n) is 4.92.